The summed E-state index contributed by atoms with van der Waals surface area (Å²) in [5, 5.41) is 13.8. The predicted octanol–water partition coefficient (Wildman–Crippen LogP) is 2.09. The summed E-state index contributed by atoms with van der Waals surface area (Å²) in [7, 11) is 4.00. The van der Waals surface area contributed by atoms with Crippen LogP contribution in [0.3, 0.4) is 0 Å². The van der Waals surface area contributed by atoms with E-state index in [1.807, 2.05) is 18.7 Å². The van der Waals surface area contributed by atoms with E-state index in [-0.39, 0.29) is 6.61 Å². The van der Waals surface area contributed by atoms with E-state index in [1.54, 1.807) is 0 Å². The van der Waals surface area contributed by atoms with Gasteiger partial charge in [0.05, 0.1) is 12.3 Å². The van der Waals surface area contributed by atoms with Crippen LogP contribution in [-0.4, -0.2) is 28.0 Å². The zero-order valence-corrected chi connectivity index (χ0v) is 11.9. The number of rotatable bonds is 5. The fraction of sp³-hybridized carbons (Fsp3) is 0.769. The summed E-state index contributed by atoms with van der Waals surface area (Å²) in [5.41, 5.74) is 1.85. The monoisotopic (exact) mass is 239 g/mol. The van der Waals surface area contributed by atoms with Gasteiger partial charge >= 0.3 is 0 Å². The Morgan fingerprint density at radius 2 is 1.94 bits per heavy atom. The van der Waals surface area contributed by atoms with E-state index < -0.39 is 0 Å². The summed E-state index contributed by atoms with van der Waals surface area (Å²) in [6.45, 7) is 8.66. The topological polar surface area (TPSA) is 41.3 Å². The Bertz CT molecular complexity index is 371. The molecule has 1 aromatic rings. The maximum Gasteiger partial charge on any atom is 0.132 e. The first-order valence-electron chi connectivity index (χ1n) is 6.24. The van der Waals surface area contributed by atoms with E-state index in [0.717, 1.165) is 23.5 Å². The van der Waals surface area contributed by atoms with Crippen LogP contribution in [-0.2, 0) is 13.7 Å². The van der Waals surface area contributed by atoms with Crippen molar-refractivity contribution in [2.75, 3.05) is 11.9 Å². The summed E-state index contributed by atoms with van der Waals surface area (Å²) in [6, 6.07) is 0.440. The van der Waals surface area contributed by atoms with E-state index >= 15 is 0 Å². The molecule has 1 N–H and O–H groups in total. The maximum atomic E-state index is 9.45. The second-order valence-corrected chi connectivity index (χ2v) is 5.26. The first kappa shape index (κ1) is 14.0. The lowest BCUT2D eigenvalue weighted by Crippen LogP contribution is -2.32. The zero-order valence-electron chi connectivity index (χ0n) is 11.9. The van der Waals surface area contributed by atoms with Crippen LogP contribution in [0.15, 0.2) is 0 Å². The van der Waals surface area contributed by atoms with Gasteiger partial charge in [-0.25, -0.2) is 0 Å². The standard InChI is InChI=1S/C13H25N3O/c1-9(2)7-10(3)15(5)13-12(8-17)11(4)14-16(13)6/h9-10,17H,7-8H2,1-6H3. The van der Waals surface area contributed by atoms with E-state index in [0.29, 0.717) is 12.0 Å². The van der Waals surface area contributed by atoms with Crippen LogP contribution >= 0.6 is 0 Å². The Labute approximate surface area is 104 Å². The van der Waals surface area contributed by atoms with Crippen molar-refractivity contribution in [3.8, 4) is 0 Å². The molecule has 0 radical (unpaired) electrons. The molecule has 0 bridgehead atoms. The lowest BCUT2D eigenvalue weighted by molar-refractivity contribution is 0.281. The number of hydrogen-bond donors (Lipinski definition) is 1. The number of aliphatic hydroxyl groups excluding tert-OH is 1. The summed E-state index contributed by atoms with van der Waals surface area (Å²) in [6.07, 6.45) is 1.13. The fourth-order valence-electron chi connectivity index (χ4n) is 2.37. The molecule has 4 heteroatoms. The van der Waals surface area contributed by atoms with Gasteiger partial charge in [-0.15, -0.1) is 0 Å². The van der Waals surface area contributed by atoms with Gasteiger partial charge in [-0.05, 0) is 26.2 Å². The molecule has 0 amide bonds. The molecule has 0 saturated carbocycles. The Hall–Kier alpha value is -1.03. The van der Waals surface area contributed by atoms with Crippen molar-refractivity contribution >= 4 is 5.82 Å². The highest BCUT2D eigenvalue weighted by Crippen LogP contribution is 2.25. The molecule has 0 fully saturated rings. The molecule has 1 heterocycles. The molecule has 1 unspecified atom stereocenters. The molecular weight excluding hydrogens is 214 g/mol. The third-order valence-electron chi connectivity index (χ3n) is 3.28. The molecule has 17 heavy (non-hydrogen) atoms. The van der Waals surface area contributed by atoms with Crippen molar-refractivity contribution in [1.82, 2.24) is 9.78 Å². The van der Waals surface area contributed by atoms with E-state index in [4.69, 9.17) is 0 Å². The van der Waals surface area contributed by atoms with Crippen molar-refractivity contribution in [1.29, 1.82) is 0 Å². The molecule has 98 valence electrons. The second kappa shape index (κ2) is 5.54. The zero-order chi connectivity index (χ0) is 13.2. The number of hydrogen-bond acceptors (Lipinski definition) is 3. The molecule has 0 aromatic carbocycles. The molecular formula is C13H25N3O. The van der Waals surface area contributed by atoms with Gasteiger partial charge < -0.3 is 10.0 Å². The third-order valence-corrected chi connectivity index (χ3v) is 3.28. The molecule has 0 aliphatic rings. The summed E-state index contributed by atoms with van der Waals surface area (Å²) >= 11 is 0. The Morgan fingerprint density at radius 1 is 1.35 bits per heavy atom. The summed E-state index contributed by atoms with van der Waals surface area (Å²) in [4.78, 5) is 2.21. The summed E-state index contributed by atoms with van der Waals surface area (Å²) < 4.78 is 1.86. The smallest absolute Gasteiger partial charge is 0.132 e. The quantitative estimate of drug-likeness (QED) is 0.855. The molecule has 4 nitrogen and oxygen atoms in total. The van der Waals surface area contributed by atoms with Crippen LogP contribution in [0.2, 0.25) is 0 Å². The van der Waals surface area contributed by atoms with Crippen LogP contribution in [0.5, 0.6) is 0 Å². The SMILES string of the molecule is Cc1nn(C)c(N(C)C(C)CC(C)C)c1CO. The molecule has 0 aliphatic heterocycles. The number of aliphatic hydroxyl groups is 1. The number of nitrogens with zero attached hydrogens (tertiary/aromatic N) is 3. The molecule has 1 rings (SSSR count). The minimum atomic E-state index is 0.0494. The van der Waals surface area contributed by atoms with Gasteiger partial charge in [0.1, 0.15) is 5.82 Å². The van der Waals surface area contributed by atoms with Crippen LogP contribution in [0, 0.1) is 12.8 Å². The van der Waals surface area contributed by atoms with Gasteiger partial charge in [0.25, 0.3) is 0 Å². The van der Waals surface area contributed by atoms with Gasteiger partial charge in [-0.3, -0.25) is 4.68 Å². The first-order chi connectivity index (χ1) is 7.88. The van der Waals surface area contributed by atoms with E-state index in [1.165, 1.54) is 0 Å². The van der Waals surface area contributed by atoms with Crippen molar-refractivity contribution in [2.24, 2.45) is 13.0 Å². The van der Waals surface area contributed by atoms with Gasteiger partial charge in [0.2, 0.25) is 0 Å². The van der Waals surface area contributed by atoms with Gasteiger partial charge in [0, 0.05) is 25.7 Å². The van der Waals surface area contributed by atoms with E-state index in [2.05, 4.69) is 37.8 Å². The van der Waals surface area contributed by atoms with Crippen LogP contribution < -0.4 is 4.90 Å². The number of aromatic nitrogens is 2. The molecule has 1 atom stereocenters. The summed E-state index contributed by atoms with van der Waals surface area (Å²) in [5.74, 6) is 1.69. The first-order valence-corrected chi connectivity index (χ1v) is 6.24. The molecule has 0 saturated heterocycles. The van der Waals surface area contributed by atoms with Gasteiger partial charge in [-0.2, -0.15) is 5.10 Å². The van der Waals surface area contributed by atoms with Crippen LogP contribution in [0.1, 0.15) is 38.4 Å². The Morgan fingerprint density at radius 3 is 2.41 bits per heavy atom. The van der Waals surface area contributed by atoms with Crippen molar-refractivity contribution in [2.45, 2.75) is 46.8 Å². The van der Waals surface area contributed by atoms with E-state index in [9.17, 15) is 5.11 Å². The molecule has 0 spiro atoms. The largest absolute Gasteiger partial charge is 0.391 e. The van der Waals surface area contributed by atoms with Gasteiger partial charge in [-0.1, -0.05) is 13.8 Å². The van der Waals surface area contributed by atoms with Crippen molar-refractivity contribution in [3.05, 3.63) is 11.3 Å². The number of anilines is 1. The normalized spacial score (nSPS) is 13.2. The van der Waals surface area contributed by atoms with Crippen molar-refractivity contribution < 1.29 is 5.11 Å². The minimum Gasteiger partial charge on any atom is -0.391 e. The average molecular weight is 239 g/mol. The Kier molecular flexibility index (Phi) is 4.57. The minimum absolute atomic E-state index is 0.0494. The molecule has 1 aromatic heterocycles. The maximum absolute atomic E-state index is 9.45. The third kappa shape index (κ3) is 3.00. The lowest BCUT2D eigenvalue weighted by atomic mass is 10.0. The highest BCUT2D eigenvalue weighted by atomic mass is 16.3. The molecule has 0 aliphatic carbocycles. The fourth-order valence-corrected chi connectivity index (χ4v) is 2.37. The van der Waals surface area contributed by atoms with Crippen LogP contribution in [0.25, 0.3) is 0 Å². The van der Waals surface area contributed by atoms with Crippen LogP contribution in [0.4, 0.5) is 5.82 Å². The number of aryl methyl sites for hydroxylation is 2. The highest BCUT2D eigenvalue weighted by molar-refractivity contribution is 5.49. The second-order valence-electron chi connectivity index (χ2n) is 5.26. The predicted molar refractivity (Wildman–Crippen MR) is 71.2 cm³/mol. The van der Waals surface area contributed by atoms with Gasteiger partial charge in [0.15, 0.2) is 0 Å². The highest BCUT2D eigenvalue weighted by Gasteiger charge is 2.20. The Balaban J connectivity index is 2.98. The van der Waals surface area contributed by atoms with Crippen molar-refractivity contribution in [3.63, 3.8) is 0 Å². The lowest BCUT2D eigenvalue weighted by Gasteiger charge is -2.29. The average Bonchev–Trinajstić information content (AvgIpc) is 2.50.